The zero-order valence-corrected chi connectivity index (χ0v) is 15.1. The van der Waals surface area contributed by atoms with Gasteiger partial charge in [0.15, 0.2) is 10.4 Å². The van der Waals surface area contributed by atoms with Crippen molar-refractivity contribution in [3.05, 3.63) is 52.4 Å². The highest BCUT2D eigenvalue weighted by atomic mass is 79.9. The van der Waals surface area contributed by atoms with Gasteiger partial charge < -0.3 is 19.4 Å². The van der Waals surface area contributed by atoms with Crippen molar-refractivity contribution in [2.75, 3.05) is 26.7 Å². The predicted molar refractivity (Wildman–Crippen MR) is 93.1 cm³/mol. The molecular weight excluding hydrogens is 376 g/mol. The van der Waals surface area contributed by atoms with E-state index in [2.05, 4.69) is 21.2 Å². The fraction of sp³-hybridized carbons (Fsp3) is 0.294. The summed E-state index contributed by atoms with van der Waals surface area (Å²) in [6.07, 6.45) is 0. The molecule has 128 valence electrons. The molecule has 0 spiro atoms. The fourth-order valence-corrected chi connectivity index (χ4v) is 2.25. The van der Waals surface area contributed by atoms with Gasteiger partial charge in [0.2, 0.25) is 5.91 Å². The van der Waals surface area contributed by atoms with Crippen LogP contribution in [0.5, 0.6) is 5.75 Å². The van der Waals surface area contributed by atoms with Gasteiger partial charge in [-0.15, -0.1) is 0 Å². The largest absolute Gasteiger partial charge is 0.492 e. The third-order valence-electron chi connectivity index (χ3n) is 3.31. The van der Waals surface area contributed by atoms with Crippen LogP contribution in [0.15, 0.2) is 45.5 Å². The zero-order chi connectivity index (χ0) is 17.5. The summed E-state index contributed by atoms with van der Waals surface area (Å²) in [5, 5.41) is 2.52. The SMILES string of the molecule is Cc1cccc(OCCN(C)C(=O)CNC(=O)c2ccc(Br)o2)c1. The summed E-state index contributed by atoms with van der Waals surface area (Å²) in [7, 11) is 1.66. The van der Waals surface area contributed by atoms with Gasteiger partial charge >= 0.3 is 0 Å². The van der Waals surface area contributed by atoms with Gasteiger partial charge in [-0.2, -0.15) is 0 Å². The number of halogens is 1. The van der Waals surface area contributed by atoms with Crippen LogP contribution in [0, 0.1) is 6.92 Å². The van der Waals surface area contributed by atoms with E-state index in [-0.39, 0.29) is 18.2 Å². The van der Waals surface area contributed by atoms with Gasteiger partial charge in [0.1, 0.15) is 12.4 Å². The maximum absolute atomic E-state index is 12.0. The third-order valence-corrected chi connectivity index (χ3v) is 3.73. The van der Waals surface area contributed by atoms with Crippen LogP contribution in [-0.2, 0) is 4.79 Å². The number of carbonyl (C=O) groups excluding carboxylic acids is 2. The van der Waals surface area contributed by atoms with Crippen molar-refractivity contribution in [2.24, 2.45) is 0 Å². The summed E-state index contributed by atoms with van der Waals surface area (Å²) < 4.78 is 11.2. The number of nitrogens with one attached hydrogen (secondary N) is 1. The van der Waals surface area contributed by atoms with Crippen LogP contribution >= 0.6 is 15.9 Å². The van der Waals surface area contributed by atoms with E-state index in [0.29, 0.717) is 17.8 Å². The van der Waals surface area contributed by atoms with Crippen LogP contribution in [0.2, 0.25) is 0 Å². The molecular formula is C17H19BrN2O4. The van der Waals surface area contributed by atoms with Crippen molar-refractivity contribution < 1.29 is 18.7 Å². The number of furan rings is 1. The Hall–Kier alpha value is -2.28. The molecule has 0 aliphatic carbocycles. The highest BCUT2D eigenvalue weighted by Gasteiger charge is 2.14. The first-order valence-corrected chi connectivity index (χ1v) is 8.22. The Morgan fingerprint density at radius 2 is 2.08 bits per heavy atom. The van der Waals surface area contributed by atoms with E-state index in [1.807, 2.05) is 31.2 Å². The van der Waals surface area contributed by atoms with E-state index in [9.17, 15) is 9.59 Å². The zero-order valence-electron chi connectivity index (χ0n) is 13.5. The van der Waals surface area contributed by atoms with Crippen LogP contribution in [0.4, 0.5) is 0 Å². The molecule has 0 unspecified atom stereocenters. The van der Waals surface area contributed by atoms with Crippen molar-refractivity contribution in [2.45, 2.75) is 6.92 Å². The Labute approximate surface area is 148 Å². The average Bonchev–Trinajstić information content (AvgIpc) is 2.99. The first-order valence-electron chi connectivity index (χ1n) is 7.42. The molecule has 6 nitrogen and oxygen atoms in total. The molecule has 2 amide bonds. The van der Waals surface area contributed by atoms with Gasteiger partial charge in [0.05, 0.1) is 13.1 Å². The molecule has 0 atom stereocenters. The minimum absolute atomic E-state index is 0.0991. The number of rotatable bonds is 7. The lowest BCUT2D eigenvalue weighted by molar-refractivity contribution is -0.129. The summed E-state index contributed by atoms with van der Waals surface area (Å²) in [5.74, 6) is 0.285. The predicted octanol–water partition coefficient (Wildman–Crippen LogP) is 2.62. The number of hydrogen-bond acceptors (Lipinski definition) is 4. The first kappa shape index (κ1) is 18.1. The minimum Gasteiger partial charge on any atom is -0.492 e. The second-order valence-corrected chi connectivity index (χ2v) is 6.05. The summed E-state index contributed by atoms with van der Waals surface area (Å²) >= 11 is 3.12. The molecule has 0 bridgehead atoms. The first-order chi connectivity index (χ1) is 11.5. The van der Waals surface area contributed by atoms with Gasteiger partial charge in [-0.3, -0.25) is 9.59 Å². The van der Waals surface area contributed by atoms with Crippen molar-refractivity contribution in [1.29, 1.82) is 0 Å². The van der Waals surface area contributed by atoms with Crippen molar-refractivity contribution in [3.8, 4) is 5.75 Å². The van der Waals surface area contributed by atoms with Crippen molar-refractivity contribution >= 4 is 27.7 Å². The molecule has 1 heterocycles. The van der Waals surface area contributed by atoms with Crippen molar-refractivity contribution in [1.82, 2.24) is 10.2 Å². The number of carbonyl (C=O) groups is 2. The quantitative estimate of drug-likeness (QED) is 0.783. The average molecular weight is 395 g/mol. The lowest BCUT2D eigenvalue weighted by Crippen LogP contribution is -2.39. The number of amides is 2. The standard InChI is InChI=1S/C17H19BrN2O4/c1-12-4-3-5-13(10-12)23-9-8-20(2)16(21)11-19-17(22)14-6-7-15(18)24-14/h3-7,10H,8-9,11H2,1-2H3,(H,19,22). The lowest BCUT2D eigenvalue weighted by Gasteiger charge is -2.17. The molecule has 24 heavy (non-hydrogen) atoms. The van der Waals surface area contributed by atoms with Crippen LogP contribution in [0.1, 0.15) is 16.1 Å². The third kappa shape index (κ3) is 5.42. The van der Waals surface area contributed by atoms with Gasteiger partial charge in [0.25, 0.3) is 5.91 Å². The van der Waals surface area contributed by atoms with E-state index >= 15 is 0 Å². The smallest absolute Gasteiger partial charge is 0.287 e. The molecule has 0 aliphatic heterocycles. The summed E-state index contributed by atoms with van der Waals surface area (Å²) in [6.45, 7) is 2.70. The minimum atomic E-state index is -0.432. The molecule has 0 fully saturated rings. The van der Waals surface area contributed by atoms with Crippen LogP contribution in [0.25, 0.3) is 0 Å². The molecule has 2 rings (SSSR count). The molecule has 0 radical (unpaired) electrons. The molecule has 1 aromatic heterocycles. The van der Waals surface area contributed by atoms with Gasteiger partial charge in [0, 0.05) is 7.05 Å². The number of benzene rings is 1. The van der Waals surface area contributed by atoms with Crippen LogP contribution < -0.4 is 10.1 Å². The molecule has 7 heteroatoms. The molecule has 1 N–H and O–H groups in total. The second kappa shape index (κ2) is 8.54. The molecule has 2 aromatic rings. The maximum atomic E-state index is 12.0. The summed E-state index contributed by atoms with van der Waals surface area (Å²) in [4.78, 5) is 25.3. The number of likely N-dealkylation sites (N-methyl/N-ethyl adjacent to an activating group) is 1. The van der Waals surface area contributed by atoms with E-state index < -0.39 is 5.91 Å². The molecule has 0 saturated heterocycles. The van der Waals surface area contributed by atoms with Gasteiger partial charge in [-0.05, 0) is 52.7 Å². The molecule has 1 aromatic carbocycles. The summed E-state index contributed by atoms with van der Waals surface area (Å²) in [6, 6.07) is 10.9. The molecule has 0 aliphatic rings. The number of aryl methyl sites for hydroxylation is 1. The Bertz CT molecular complexity index is 714. The van der Waals surface area contributed by atoms with Gasteiger partial charge in [-0.25, -0.2) is 0 Å². The highest BCUT2D eigenvalue weighted by molar-refractivity contribution is 9.10. The number of ether oxygens (including phenoxy) is 1. The lowest BCUT2D eigenvalue weighted by atomic mass is 10.2. The second-order valence-electron chi connectivity index (χ2n) is 5.27. The van der Waals surface area contributed by atoms with E-state index in [4.69, 9.17) is 9.15 Å². The number of hydrogen-bond donors (Lipinski definition) is 1. The van der Waals surface area contributed by atoms with Gasteiger partial charge in [-0.1, -0.05) is 12.1 Å². The van der Waals surface area contributed by atoms with Crippen LogP contribution in [-0.4, -0.2) is 43.5 Å². The molecule has 0 saturated carbocycles. The Morgan fingerprint density at radius 3 is 2.75 bits per heavy atom. The Kier molecular flexibility index (Phi) is 6.43. The topological polar surface area (TPSA) is 71.8 Å². The fourth-order valence-electron chi connectivity index (χ4n) is 1.94. The Morgan fingerprint density at radius 1 is 1.29 bits per heavy atom. The summed E-state index contributed by atoms with van der Waals surface area (Å²) in [5.41, 5.74) is 1.12. The van der Waals surface area contributed by atoms with Crippen molar-refractivity contribution in [3.63, 3.8) is 0 Å². The van der Waals surface area contributed by atoms with E-state index in [0.717, 1.165) is 11.3 Å². The van der Waals surface area contributed by atoms with E-state index in [1.54, 1.807) is 13.1 Å². The maximum Gasteiger partial charge on any atom is 0.287 e. The highest BCUT2D eigenvalue weighted by Crippen LogP contribution is 2.14. The number of nitrogens with zero attached hydrogens (tertiary/aromatic N) is 1. The van der Waals surface area contributed by atoms with Crippen LogP contribution in [0.3, 0.4) is 0 Å². The monoisotopic (exact) mass is 394 g/mol. The Balaban J connectivity index is 1.71. The van der Waals surface area contributed by atoms with E-state index in [1.165, 1.54) is 11.0 Å². The normalized spacial score (nSPS) is 10.3.